The summed E-state index contributed by atoms with van der Waals surface area (Å²) in [5, 5.41) is 1.96. The molecule has 0 aliphatic carbocycles. The molecule has 3 nitrogen and oxygen atoms in total. The van der Waals surface area contributed by atoms with Crippen LogP contribution in [0, 0.1) is 0 Å². The van der Waals surface area contributed by atoms with Crippen LogP contribution in [0.2, 0.25) is 0 Å². The van der Waals surface area contributed by atoms with E-state index >= 15 is 0 Å². The minimum atomic E-state index is 0.593. The van der Waals surface area contributed by atoms with Crippen LogP contribution in [0.25, 0.3) is 78.1 Å². The van der Waals surface area contributed by atoms with Gasteiger partial charge in [-0.05, 0) is 57.6 Å². The van der Waals surface area contributed by atoms with E-state index in [0.29, 0.717) is 11.5 Å². The average molecular weight is 551 g/mol. The van der Waals surface area contributed by atoms with E-state index < -0.39 is 0 Å². The molecule has 0 amide bonds. The lowest BCUT2D eigenvalue weighted by Gasteiger charge is -2.10. The number of hydrogen-bond donors (Lipinski definition) is 0. The van der Waals surface area contributed by atoms with E-state index in [9.17, 15) is 0 Å². The molecule has 0 N–H and O–H groups in total. The summed E-state index contributed by atoms with van der Waals surface area (Å²) in [6.45, 7) is 0. The van der Waals surface area contributed by atoms with Gasteiger partial charge in [0.1, 0.15) is 5.58 Å². The maximum Gasteiger partial charge on any atom is 0.231 e. The number of hydrogen-bond acceptors (Lipinski definition) is 3. The van der Waals surface area contributed by atoms with E-state index in [1.807, 2.05) is 42.5 Å². The third-order valence-corrected chi connectivity index (χ3v) is 7.91. The first-order valence-electron chi connectivity index (χ1n) is 14.4. The molecule has 0 aliphatic rings. The molecule has 8 rings (SSSR count). The highest BCUT2D eigenvalue weighted by molar-refractivity contribution is 6.10. The van der Waals surface area contributed by atoms with Crippen LogP contribution in [0.4, 0.5) is 0 Å². The number of aromatic nitrogens is 2. The van der Waals surface area contributed by atoms with Crippen molar-refractivity contribution in [3.05, 3.63) is 158 Å². The second-order valence-electron chi connectivity index (χ2n) is 10.6. The lowest BCUT2D eigenvalue weighted by atomic mass is 9.95. The van der Waals surface area contributed by atoms with Gasteiger partial charge in [-0.25, -0.2) is 4.98 Å². The molecule has 2 aromatic heterocycles. The number of para-hydroxylation sites is 1. The maximum atomic E-state index is 6.25. The van der Waals surface area contributed by atoms with Gasteiger partial charge in [-0.2, -0.15) is 4.98 Å². The molecule has 8 aromatic rings. The van der Waals surface area contributed by atoms with Crippen molar-refractivity contribution in [1.29, 1.82) is 0 Å². The zero-order valence-corrected chi connectivity index (χ0v) is 23.3. The van der Waals surface area contributed by atoms with Crippen molar-refractivity contribution in [2.45, 2.75) is 0 Å². The second kappa shape index (κ2) is 10.6. The Morgan fingerprint density at radius 2 is 0.837 bits per heavy atom. The minimum absolute atomic E-state index is 0.593. The molecule has 43 heavy (non-hydrogen) atoms. The molecule has 6 aromatic carbocycles. The third kappa shape index (κ3) is 4.67. The van der Waals surface area contributed by atoms with Crippen molar-refractivity contribution in [2.75, 3.05) is 0 Å². The summed E-state index contributed by atoms with van der Waals surface area (Å²) in [7, 11) is 0. The first-order chi connectivity index (χ1) is 21.3. The van der Waals surface area contributed by atoms with E-state index in [-0.39, 0.29) is 0 Å². The van der Waals surface area contributed by atoms with Gasteiger partial charge < -0.3 is 4.42 Å². The molecular formula is C40H26N2O. The van der Waals surface area contributed by atoms with Crippen molar-refractivity contribution in [3.8, 4) is 56.0 Å². The lowest BCUT2D eigenvalue weighted by molar-refractivity contribution is 0.653. The number of nitrogens with zero attached hydrogens (tertiary/aromatic N) is 2. The van der Waals surface area contributed by atoms with Gasteiger partial charge in [0.2, 0.25) is 5.71 Å². The molecule has 0 radical (unpaired) electrons. The molecule has 2 heterocycles. The Balaban J connectivity index is 1.22. The fraction of sp³-hybridized carbons (Fsp3) is 0. The van der Waals surface area contributed by atoms with Crippen molar-refractivity contribution in [3.63, 3.8) is 0 Å². The topological polar surface area (TPSA) is 38.9 Å². The van der Waals surface area contributed by atoms with Crippen molar-refractivity contribution in [1.82, 2.24) is 9.97 Å². The predicted molar refractivity (Wildman–Crippen MR) is 176 cm³/mol. The Bertz CT molecular complexity index is 2230. The molecule has 0 saturated carbocycles. The van der Waals surface area contributed by atoms with Gasteiger partial charge in [-0.1, -0.05) is 133 Å². The quantitative estimate of drug-likeness (QED) is 0.214. The van der Waals surface area contributed by atoms with Gasteiger partial charge in [-0.15, -0.1) is 0 Å². The van der Waals surface area contributed by atoms with Gasteiger partial charge in [-0.3, -0.25) is 0 Å². The lowest BCUT2D eigenvalue weighted by Crippen LogP contribution is -1.94. The van der Waals surface area contributed by atoms with E-state index in [1.165, 1.54) is 22.3 Å². The Kier molecular flexibility index (Phi) is 6.12. The van der Waals surface area contributed by atoms with Gasteiger partial charge in [0.05, 0.1) is 11.1 Å². The summed E-state index contributed by atoms with van der Waals surface area (Å²) in [5.41, 5.74) is 11.3. The van der Waals surface area contributed by atoms with Crippen LogP contribution in [0.3, 0.4) is 0 Å². The number of benzene rings is 6. The third-order valence-electron chi connectivity index (χ3n) is 7.91. The summed E-state index contributed by atoms with van der Waals surface area (Å²) >= 11 is 0. The Morgan fingerprint density at radius 1 is 0.372 bits per heavy atom. The normalized spacial score (nSPS) is 11.3. The fourth-order valence-corrected chi connectivity index (χ4v) is 5.78. The Morgan fingerprint density at radius 3 is 1.47 bits per heavy atom. The molecule has 0 spiro atoms. The standard InChI is InChI=1S/C40H26N2O/c1-3-12-27(13-4-1)29-16-9-17-30(24-29)31-18-10-19-32(25-31)33-20-11-21-34(26-33)39-41-38(28-14-5-2-6-15-28)37-35-22-7-8-23-36(35)43-40(37)42-39/h1-26H. The summed E-state index contributed by atoms with van der Waals surface area (Å²) in [6, 6.07) is 54.7. The monoisotopic (exact) mass is 550 g/mol. The smallest absolute Gasteiger partial charge is 0.231 e. The van der Waals surface area contributed by atoms with E-state index in [0.717, 1.165) is 44.3 Å². The highest BCUT2D eigenvalue weighted by Gasteiger charge is 2.18. The number of fused-ring (bicyclic) bond motifs is 3. The van der Waals surface area contributed by atoms with Gasteiger partial charge >= 0.3 is 0 Å². The van der Waals surface area contributed by atoms with Gasteiger partial charge in [0.25, 0.3) is 0 Å². The van der Waals surface area contributed by atoms with E-state index in [4.69, 9.17) is 14.4 Å². The first-order valence-corrected chi connectivity index (χ1v) is 14.4. The van der Waals surface area contributed by atoms with Crippen LogP contribution in [-0.4, -0.2) is 9.97 Å². The van der Waals surface area contributed by atoms with Crippen LogP contribution in [-0.2, 0) is 0 Å². The predicted octanol–water partition coefficient (Wildman–Crippen LogP) is 10.7. The molecule has 0 unspecified atom stereocenters. The maximum absolute atomic E-state index is 6.25. The Labute approximate surface area is 249 Å². The largest absolute Gasteiger partial charge is 0.438 e. The van der Waals surface area contributed by atoms with E-state index in [1.54, 1.807) is 0 Å². The van der Waals surface area contributed by atoms with Gasteiger partial charge in [0.15, 0.2) is 5.82 Å². The average Bonchev–Trinajstić information content (AvgIpc) is 3.47. The zero-order chi connectivity index (χ0) is 28.6. The van der Waals surface area contributed by atoms with Crippen LogP contribution < -0.4 is 0 Å². The van der Waals surface area contributed by atoms with Crippen molar-refractivity contribution >= 4 is 22.1 Å². The van der Waals surface area contributed by atoms with Crippen molar-refractivity contribution < 1.29 is 4.42 Å². The second-order valence-corrected chi connectivity index (χ2v) is 10.6. The SMILES string of the molecule is c1ccc(-c2cccc(-c3cccc(-c4cccc(-c5nc(-c6ccccc6)c6c(n5)oc5ccccc56)c4)c3)c2)cc1. The summed E-state index contributed by atoms with van der Waals surface area (Å²) in [5.74, 6) is 0.638. The highest BCUT2D eigenvalue weighted by atomic mass is 16.3. The molecule has 0 aliphatic heterocycles. The van der Waals surface area contributed by atoms with E-state index in [2.05, 4.69) is 115 Å². The van der Waals surface area contributed by atoms with Crippen LogP contribution in [0.1, 0.15) is 0 Å². The zero-order valence-electron chi connectivity index (χ0n) is 23.3. The highest BCUT2D eigenvalue weighted by Crippen LogP contribution is 2.37. The molecule has 0 fully saturated rings. The molecule has 0 bridgehead atoms. The number of furan rings is 1. The minimum Gasteiger partial charge on any atom is -0.438 e. The van der Waals surface area contributed by atoms with Crippen molar-refractivity contribution in [2.24, 2.45) is 0 Å². The Hall–Kier alpha value is -5.80. The van der Waals surface area contributed by atoms with Crippen LogP contribution in [0.5, 0.6) is 0 Å². The first kappa shape index (κ1) is 25.0. The van der Waals surface area contributed by atoms with Crippen LogP contribution >= 0.6 is 0 Å². The molecule has 0 saturated heterocycles. The molecule has 202 valence electrons. The van der Waals surface area contributed by atoms with Crippen LogP contribution in [0.15, 0.2) is 162 Å². The van der Waals surface area contributed by atoms with Gasteiger partial charge in [0, 0.05) is 16.5 Å². The molecule has 0 atom stereocenters. The fourth-order valence-electron chi connectivity index (χ4n) is 5.78. The summed E-state index contributed by atoms with van der Waals surface area (Å²) in [4.78, 5) is 10.1. The summed E-state index contributed by atoms with van der Waals surface area (Å²) in [6.07, 6.45) is 0. The molecule has 3 heteroatoms. The molecular weight excluding hydrogens is 524 g/mol. The number of rotatable bonds is 5. The summed E-state index contributed by atoms with van der Waals surface area (Å²) < 4.78 is 6.25.